The smallest absolute Gasteiger partial charge is 0.0665 e. The van der Waals surface area contributed by atoms with Crippen molar-refractivity contribution in [3.63, 3.8) is 0 Å². The van der Waals surface area contributed by atoms with E-state index in [1.165, 1.54) is 42.0 Å². The Morgan fingerprint density at radius 2 is 1.55 bits per heavy atom. The van der Waals surface area contributed by atoms with Gasteiger partial charge in [-0.25, -0.2) is 0 Å². The van der Waals surface area contributed by atoms with E-state index < -0.39 is 0 Å². The summed E-state index contributed by atoms with van der Waals surface area (Å²) >= 11 is 0. The number of nitrogens with zero attached hydrogens (tertiary/aromatic N) is 1. The third kappa shape index (κ3) is 1.75. The van der Waals surface area contributed by atoms with Crippen molar-refractivity contribution in [2.45, 2.75) is 31.6 Å². The van der Waals surface area contributed by atoms with Gasteiger partial charge in [0.1, 0.15) is 0 Å². The minimum atomic E-state index is 0.240. The molecule has 0 unspecified atom stereocenters. The molecule has 1 heteroatoms. The summed E-state index contributed by atoms with van der Waals surface area (Å²) in [6.07, 6.45) is 5.18. The molecule has 5 rings (SSSR count). The van der Waals surface area contributed by atoms with E-state index in [2.05, 4.69) is 48.5 Å². The molecule has 0 saturated heterocycles. The van der Waals surface area contributed by atoms with Crippen LogP contribution in [-0.4, -0.2) is 0 Å². The van der Waals surface area contributed by atoms with Crippen molar-refractivity contribution in [3.8, 4) is 6.07 Å². The van der Waals surface area contributed by atoms with Gasteiger partial charge in [0.25, 0.3) is 0 Å². The van der Waals surface area contributed by atoms with Crippen LogP contribution in [0.2, 0.25) is 0 Å². The van der Waals surface area contributed by atoms with E-state index in [9.17, 15) is 5.26 Å². The summed E-state index contributed by atoms with van der Waals surface area (Å²) in [4.78, 5) is 0. The number of benzene rings is 2. The summed E-state index contributed by atoms with van der Waals surface area (Å²) in [5.74, 6) is 2.08. The molecule has 2 aromatic rings. The molecule has 20 heavy (non-hydrogen) atoms. The van der Waals surface area contributed by atoms with E-state index in [-0.39, 0.29) is 5.92 Å². The van der Waals surface area contributed by atoms with Gasteiger partial charge in [-0.3, -0.25) is 0 Å². The van der Waals surface area contributed by atoms with Gasteiger partial charge in [0, 0.05) is 5.92 Å². The fourth-order valence-electron chi connectivity index (χ4n) is 4.53. The first-order valence-electron chi connectivity index (χ1n) is 7.75. The molecular weight excluding hydrogens is 242 g/mol. The second-order valence-corrected chi connectivity index (χ2v) is 6.46. The van der Waals surface area contributed by atoms with Crippen LogP contribution in [0.4, 0.5) is 0 Å². The van der Waals surface area contributed by atoms with Crippen LogP contribution in [0.15, 0.2) is 42.5 Å². The van der Waals surface area contributed by atoms with Gasteiger partial charge in [0.15, 0.2) is 0 Å². The van der Waals surface area contributed by atoms with E-state index in [0.29, 0.717) is 11.8 Å². The molecule has 2 atom stereocenters. The lowest BCUT2D eigenvalue weighted by molar-refractivity contribution is 0.101. The summed E-state index contributed by atoms with van der Waals surface area (Å²) in [7, 11) is 0. The molecule has 3 fully saturated rings. The molecule has 3 aliphatic carbocycles. The van der Waals surface area contributed by atoms with Crippen LogP contribution in [0.3, 0.4) is 0 Å². The lowest BCUT2D eigenvalue weighted by Crippen LogP contribution is -2.37. The monoisotopic (exact) mass is 261 g/mol. The number of fused-ring (bicyclic) bond motifs is 4. The number of hydrogen-bond donors (Lipinski definition) is 0. The van der Waals surface area contributed by atoms with E-state index >= 15 is 0 Å². The van der Waals surface area contributed by atoms with Gasteiger partial charge in [-0.05, 0) is 53.9 Å². The number of nitriles is 1. The van der Waals surface area contributed by atoms with Gasteiger partial charge in [-0.2, -0.15) is 5.26 Å². The predicted molar refractivity (Wildman–Crippen MR) is 81.2 cm³/mol. The maximum absolute atomic E-state index is 9.61. The highest BCUT2D eigenvalue weighted by Crippen LogP contribution is 2.53. The van der Waals surface area contributed by atoms with Crippen LogP contribution in [0.25, 0.3) is 10.8 Å². The Balaban J connectivity index is 1.79. The third-order valence-electron chi connectivity index (χ3n) is 5.53. The van der Waals surface area contributed by atoms with Crippen LogP contribution in [0, 0.1) is 29.1 Å². The van der Waals surface area contributed by atoms with Crippen molar-refractivity contribution in [1.82, 2.24) is 0 Å². The highest BCUT2D eigenvalue weighted by Gasteiger charge is 2.44. The fourth-order valence-corrected chi connectivity index (χ4v) is 4.53. The summed E-state index contributed by atoms with van der Waals surface area (Å²) in [6, 6.07) is 18.0. The SMILES string of the molecule is N#C[C@H]1C2CCC(CC2)[C@@H]1c1ccc2ccccc2c1. The van der Waals surface area contributed by atoms with E-state index in [0.717, 1.165) is 5.92 Å². The number of hydrogen-bond acceptors (Lipinski definition) is 1. The Labute approximate surface area is 120 Å². The zero-order valence-corrected chi connectivity index (χ0v) is 11.6. The quantitative estimate of drug-likeness (QED) is 0.717. The van der Waals surface area contributed by atoms with Crippen molar-refractivity contribution in [2.24, 2.45) is 17.8 Å². The van der Waals surface area contributed by atoms with Crippen LogP contribution in [0.5, 0.6) is 0 Å². The van der Waals surface area contributed by atoms with Crippen LogP contribution in [-0.2, 0) is 0 Å². The molecule has 0 heterocycles. The van der Waals surface area contributed by atoms with Gasteiger partial charge in [-0.15, -0.1) is 0 Å². The highest BCUT2D eigenvalue weighted by molar-refractivity contribution is 5.83. The second kappa shape index (κ2) is 4.63. The first-order valence-corrected chi connectivity index (χ1v) is 7.75. The molecule has 0 aliphatic heterocycles. The lowest BCUT2D eigenvalue weighted by Gasteiger charge is -2.46. The topological polar surface area (TPSA) is 23.8 Å². The molecule has 100 valence electrons. The molecule has 0 aromatic heterocycles. The van der Waals surface area contributed by atoms with Crippen LogP contribution in [0.1, 0.15) is 37.2 Å². The molecule has 3 aliphatic rings. The van der Waals surface area contributed by atoms with Gasteiger partial charge < -0.3 is 0 Å². The van der Waals surface area contributed by atoms with Gasteiger partial charge in [0.2, 0.25) is 0 Å². The Morgan fingerprint density at radius 3 is 2.30 bits per heavy atom. The fraction of sp³-hybridized carbons (Fsp3) is 0.421. The molecule has 3 saturated carbocycles. The second-order valence-electron chi connectivity index (χ2n) is 6.46. The maximum Gasteiger partial charge on any atom is 0.0665 e. The summed E-state index contributed by atoms with van der Waals surface area (Å²) < 4.78 is 0. The molecule has 1 nitrogen and oxygen atoms in total. The van der Waals surface area contributed by atoms with Gasteiger partial charge >= 0.3 is 0 Å². The third-order valence-corrected chi connectivity index (χ3v) is 5.53. The molecule has 0 radical (unpaired) electrons. The average Bonchev–Trinajstić information content (AvgIpc) is 2.54. The summed E-state index contributed by atoms with van der Waals surface area (Å²) in [5.41, 5.74) is 1.39. The number of rotatable bonds is 1. The Kier molecular flexibility index (Phi) is 2.77. The zero-order chi connectivity index (χ0) is 13.5. The normalized spacial score (nSPS) is 32.1. The Morgan fingerprint density at radius 1 is 0.850 bits per heavy atom. The summed E-state index contributed by atoms with van der Waals surface area (Å²) in [5, 5.41) is 12.2. The first-order chi connectivity index (χ1) is 9.86. The van der Waals surface area contributed by atoms with Crippen LogP contribution < -0.4 is 0 Å². The highest BCUT2D eigenvalue weighted by atomic mass is 14.5. The minimum absolute atomic E-state index is 0.240. The minimum Gasteiger partial charge on any atom is -0.198 e. The van der Waals surface area contributed by atoms with Gasteiger partial charge in [-0.1, -0.05) is 42.5 Å². The van der Waals surface area contributed by atoms with Crippen LogP contribution >= 0.6 is 0 Å². The standard InChI is InChI=1S/C19H19N/c20-12-18-14-6-8-15(9-7-14)19(18)17-10-5-13-3-1-2-4-16(13)11-17/h1-5,10-11,14-15,18-19H,6-9H2/t14?,15?,18-,19+/m0/s1. The first kappa shape index (κ1) is 12.0. The zero-order valence-electron chi connectivity index (χ0n) is 11.6. The molecule has 2 aromatic carbocycles. The van der Waals surface area contributed by atoms with Crippen molar-refractivity contribution in [3.05, 3.63) is 48.0 Å². The van der Waals surface area contributed by atoms with E-state index in [4.69, 9.17) is 0 Å². The van der Waals surface area contributed by atoms with Crippen molar-refractivity contribution in [2.75, 3.05) is 0 Å². The molecular formula is C19H19N. The van der Waals surface area contributed by atoms with Crippen molar-refractivity contribution in [1.29, 1.82) is 5.26 Å². The average molecular weight is 261 g/mol. The van der Waals surface area contributed by atoms with Crippen molar-refractivity contribution >= 4 is 10.8 Å². The molecule has 0 N–H and O–H groups in total. The molecule has 0 amide bonds. The summed E-state index contributed by atoms with van der Waals surface area (Å²) in [6.45, 7) is 0. The Bertz CT molecular complexity index is 673. The largest absolute Gasteiger partial charge is 0.198 e. The molecule has 0 spiro atoms. The maximum atomic E-state index is 9.61. The predicted octanol–water partition coefficient (Wildman–Crippen LogP) is 4.88. The Hall–Kier alpha value is -1.81. The van der Waals surface area contributed by atoms with Gasteiger partial charge in [0.05, 0.1) is 12.0 Å². The lowest BCUT2D eigenvalue weighted by atomic mass is 9.57. The van der Waals surface area contributed by atoms with Crippen molar-refractivity contribution < 1.29 is 0 Å². The molecule has 2 bridgehead atoms. The van der Waals surface area contributed by atoms with E-state index in [1.54, 1.807) is 0 Å². The van der Waals surface area contributed by atoms with E-state index in [1.807, 2.05) is 0 Å².